The van der Waals surface area contributed by atoms with Gasteiger partial charge in [-0.1, -0.05) is 36.0 Å². The number of benzene rings is 2. The molecule has 7 heteroatoms. The number of rotatable bonds is 5. The smallest absolute Gasteiger partial charge is 0.234 e. The number of nitrogens with zero attached hydrogens (tertiary/aromatic N) is 3. The second-order valence-electron chi connectivity index (χ2n) is 6.59. The maximum absolute atomic E-state index is 12.4. The predicted octanol–water partition coefficient (Wildman–Crippen LogP) is 3.30. The van der Waals surface area contributed by atoms with Gasteiger partial charge in [-0.25, -0.2) is 4.99 Å². The zero-order chi connectivity index (χ0) is 19.8. The van der Waals surface area contributed by atoms with E-state index in [1.54, 1.807) is 7.11 Å². The van der Waals surface area contributed by atoms with Gasteiger partial charge in [-0.3, -0.25) is 4.79 Å². The molecule has 0 atom stereocenters. The van der Waals surface area contributed by atoms with E-state index in [4.69, 9.17) is 9.73 Å². The van der Waals surface area contributed by atoms with Crippen LogP contribution < -0.4 is 10.1 Å². The van der Waals surface area contributed by atoms with Crippen molar-refractivity contribution in [3.05, 3.63) is 54.6 Å². The van der Waals surface area contributed by atoms with Gasteiger partial charge in [0.2, 0.25) is 5.91 Å². The lowest BCUT2D eigenvalue weighted by atomic mass is 10.3. The van der Waals surface area contributed by atoms with Crippen molar-refractivity contribution in [3.8, 4) is 5.75 Å². The molecule has 1 aliphatic rings. The SMILES string of the molecule is COc1cccc(NC(=O)CSC(=Nc2ccccc2)N2CCN(C)CC2)c1. The number of aliphatic imine (C=N–C) groups is 1. The average Bonchev–Trinajstić information content (AvgIpc) is 2.72. The summed E-state index contributed by atoms with van der Waals surface area (Å²) in [4.78, 5) is 21.8. The Bertz CT molecular complexity index is 805. The van der Waals surface area contributed by atoms with Gasteiger partial charge in [0.1, 0.15) is 5.75 Å². The molecule has 0 aliphatic carbocycles. The van der Waals surface area contributed by atoms with E-state index < -0.39 is 0 Å². The Morgan fingerprint density at radius 3 is 2.57 bits per heavy atom. The molecular weight excluding hydrogens is 372 g/mol. The lowest BCUT2D eigenvalue weighted by molar-refractivity contribution is -0.113. The van der Waals surface area contributed by atoms with Crippen molar-refractivity contribution < 1.29 is 9.53 Å². The summed E-state index contributed by atoms with van der Waals surface area (Å²) in [5, 5.41) is 3.81. The molecule has 28 heavy (non-hydrogen) atoms. The van der Waals surface area contributed by atoms with Crippen LogP contribution in [0.15, 0.2) is 59.6 Å². The Hall–Kier alpha value is -2.51. The van der Waals surface area contributed by atoms with Crippen molar-refractivity contribution in [1.29, 1.82) is 0 Å². The van der Waals surface area contributed by atoms with Gasteiger partial charge in [0.25, 0.3) is 0 Å². The van der Waals surface area contributed by atoms with Crippen molar-refractivity contribution in [1.82, 2.24) is 9.80 Å². The van der Waals surface area contributed by atoms with Gasteiger partial charge in [0, 0.05) is 37.9 Å². The molecule has 6 nitrogen and oxygen atoms in total. The van der Waals surface area contributed by atoms with Crippen LogP contribution >= 0.6 is 11.8 Å². The van der Waals surface area contributed by atoms with Gasteiger partial charge < -0.3 is 19.9 Å². The topological polar surface area (TPSA) is 57.2 Å². The minimum atomic E-state index is -0.0619. The first-order chi connectivity index (χ1) is 13.6. The minimum Gasteiger partial charge on any atom is -0.497 e. The molecular formula is C21H26N4O2S. The van der Waals surface area contributed by atoms with Gasteiger partial charge in [-0.2, -0.15) is 0 Å². The van der Waals surface area contributed by atoms with E-state index in [0.29, 0.717) is 11.5 Å². The Labute approximate surface area is 170 Å². The number of carbonyl (C=O) groups is 1. The third-order valence-electron chi connectivity index (χ3n) is 4.44. The number of thioether (sulfide) groups is 1. The first-order valence-corrected chi connectivity index (χ1v) is 10.3. The number of ether oxygens (including phenoxy) is 1. The fourth-order valence-corrected chi connectivity index (χ4v) is 3.70. The van der Waals surface area contributed by atoms with Crippen molar-refractivity contribution in [3.63, 3.8) is 0 Å². The number of likely N-dealkylation sites (N-methyl/N-ethyl adjacent to an activating group) is 1. The summed E-state index contributed by atoms with van der Waals surface area (Å²) >= 11 is 1.48. The number of carbonyl (C=O) groups excluding carboxylic acids is 1. The van der Waals surface area contributed by atoms with Gasteiger partial charge in [-0.05, 0) is 31.3 Å². The Morgan fingerprint density at radius 2 is 1.86 bits per heavy atom. The Morgan fingerprint density at radius 1 is 1.11 bits per heavy atom. The highest BCUT2D eigenvalue weighted by molar-refractivity contribution is 8.14. The first kappa shape index (κ1) is 20.2. The van der Waals surface area contributed by atoms with Crippen LogP contribution in [0, 0.1) is 0 Å². The summed E-state index contributed by atoms with van der Waals surface area (Å²) in [5.74, 6) is 0.956. The summed E-state index contributed by atoms with van der Waals surface area (Å²) < 4.78 is 5.20. The highest BCUT2D eigenvalue weighted by Gasteiger charge is 2.19. The van der Waals surface area contributed by atoms with Gasteiger partial charge in [0.05, 0.1) is 18.6 Å². The van der Waals surface area contributed by atoms with Gasteiger partial charge in [-0.15, -0.1) is 0 Å². The number of anilines is 1. The summed E-state index contributed by atoms with van der Waals surface area (Å²) in [7, 11) is 3.74. The fraction of sp³-hybridized carbons (Fsp3) is 0.333. The number of amides is 1. The van der Waals surface area contributed by atoms with Crippen molar-refractivity contribution >= 4 is 34.2 Å². The largest absolute Gasteiger partial charge is 0.497 e. The van der Waals surface area contributed by atoms with Crippen LogP contribution in [0.3, 0.4) is 0 Å². The molecule has 1 N–H and O–H groups in total. The standard InChI is InChI=1S/C21H26N4O2S/c1-24-11-13-25(14-12-24)21(23-17-7-4-3-5-8-17)28-16-20(26)22-18-9-6-10-19(15-18)27-2/h3-10,15H,11-14,16H2,1-2H3,(H,22,26). The van der Waals surface area contributed by atoms with Crippen LogP contribution in [0.25, 0.3) is 0 Å². The molecule has 2 aromatic carbocycles. The number of piperazine rings is 1. The van der Waals surface area contributed by atoms with E-state index in [9.17, 15) is 4.79 Å². The van der Waals surface area contributed by atoms with Crippen molar-refractivity contribution in [2.24, 2.45) is 4.99 Å². The predicted molar refractivity (Wildman–Crippen MR) is 117 cm³/mol. The Balaban J connectivity index is 1.65. The van der Waals surface area contributed by atoms with Crippen LogP contribution in [0.2, 0.25) is 0 Å². The highest BCUT2D eigenvalue weighted by Crippen LogP contribution is 2.20. The third kappa shape index (κ3) is 6.00. The summed E-state index contributed by atoms with van der Waals surface area (Å²) in [5.41, 5.74) is 1.63. The van der Waals surface area contributed by atoms with Crippen LogP contribution in [-0.4, -0.2) is 67.0 Å². The molecule has 1 amide bonds. The number of amidine groups is 1. The van der Waals surface area contributed by atoms with E-state index in [0.717, 1.165) is 42.7 Å². The molecule has 2 aromatic rings. The quantitative estimate of drug-likeness (QED) is 0.619. The molecule has 0 aromatic heterocycles. The monoisotopic (exact) mass is 398 g/mol. The number of para-hydroxylation sites is 1. The number of methoxy groups -OCH3 is 1. The van der Waals surface area contributed by atoms with E-state index in [2.05, 4.69) is 22.2 Å². The molecule has 3 rings (SSSR count). The molecule has 0 saturated carbocycles. The van der Waals surface area contributed by atoms with Crippen LogP contribution in [0.4, 0.5) is 11.4 Å². The fourth-order valence-electron chi connectivity index (χ4n) is 2.83. The van der Waals surface area contributed by atoms with Crippen molar-refractivity contribution in [2.75, 3.05) is 51.4 Å². The lowest BCUT2D eigenvalue weighted by Crippen LogP contribution is -2.46. The molecule has 0 spiro atoms. The lowest BCUT2D eigenvalue weighted by Gasteiger charge is -2.34. The van der Waals surface area contributed by atoms with Crippen LogP contribution in [0.1, 0.15) is 0 Å². The zero-order valence-electron chi connectivity index (χ0n) is 16.3. The van der Waals surface area contributed by atoms with Crippen molar-refractivity contribution in [2.45, 2.75) is 0 Å². The molecule has 1 saturated heterocycles. The maximum atomic E-state index is 12.4. The third-order valence-corrected chi connectivity index (χ3v) is 5.45. The zero-order valence-corrected chi connectivity index (χ0v) is 17.1. The molecule has 148 valence electrons. The summed E-state index contributed by atoms with van der Waals surface area (Å²) in [6, 6.07) is 17.2. The minimum absolute atomic E-state index is 0.0619. The number of hydrogen-bond acceptors (Lipinski definition) is 5. The van der Waals surface area contributed by atoms with E-state index in [-0.39, 0.29) is 5.91 Å². The van der Waals surface area contributed by atoms with E-state index >= 15 is 0 Å². The molecule has 1 heterocycles. The second-order valence-corrected chi connectivity index (χ2v) is 7.53. The van der Waals surface area contributed by atoms with E-state index in [1.807, 2.05) is 54.6 Å². The summed E-state index contributed by atoms with van der Waals surface area (Å²) in [6.45, 7) is 3.80. The maximum Gasteiger partial charge on any atom is 0.234 e. The van der Waals surface area contributed by atoms with Gasteiger partial charge in [0.15, 0.2) is 5.17 Å². The Kier molecular flexibility index (Phi) is 7.33. The second kappa shape index (κ2) is 10.1. The average molecular weight is 399 g/mol. The van der Waals surface area contributed by atoms with Gasteiger partial charge >= 0.3 is 0 Å². The highest BCUT2D eigenvalue weighted by atomic mass is 32.2. The van der Waals surface area contributed by atoms with E-state index in [1.165, 1.54) is 11.8 Å². The molecule has 1 fully saturated rings. The molecule has 0 radical (unpaired) electrons. The van der Waals surface area contributed by atoms with Crippen LogP contribution in [-0.2, 0) is 4.79 Å². The number of hydrogen-bond donors (Lipinski definition) is 1. The normalized spacial score (nSPS) is 15.4. The molecule has 0 bridgehead atoms. The molecule has 0 unspecified atom stereocenters. The van der Waals surface area contributed by atoms with Crippen LogP contribution in [0.5, 0.6) is 5.75 Å². The number of nitrogens with one attached hydrogen (secondary N) is 1. The summed E-state index contributed by atoms with van der Waals surface area (Å²) in [6.07, 6.45) is 0. The molecule has 1 aliphatic heterocycles. The first-order valence-electron chi connectivity index (χ1n) is 9.28.